The van der Waals surface area contributed by atoms with E-state index in [-0.39, 0.29) is 16.7 Å². The first-order chi connectivity index (χ1) is 10.6. The number of hydrogen-bond acceptors (Lipinski definition) is 7. The van der Waals surface area contributed by atoms with E-state index in [1.807, 2.05) is 6.07 Å². The number of nitrogens with zero attached hydrogens (tertiary/aromatic N) is 3. The third-order valence-electron chi connectivity index (χ3n) is 2.37. The lowest BCUT2D eigenvalue weighted by Crippen LogP contribution is -1.97. The SMILES string of the molecule is Cc1nnc(S/C(=C\c2cccc(OCC#N)c2)C(=O)O)o1. The Balaban J connectivity index is 2.22. The van der Waals surface area contributed by atoms with Crippen LogP contribution >= 0.6 is 11.8 Å². The second-order valence-corrected chi connectivity index (χ2v) is 5.02. The Morgan fingerprint density at radius 1 is 1.55 bits per heavy atom. The third-order valence-corrected chi connectivity index (χ3v) is 3.23. The van der Waals surface area contributed by atoms with Gasteiger partial charge in [-0.2, -0.15) is 5.26 Å². The first-order valence-electron chi connectivity index (χ1n) is 6.11. The first-order valence-corrected chi connectivity index (χ1v) is 6.93. The number of nitriles is 1. The van der Waals surface area contributed by atoms with Crippen LogP contribution < -0.4 is 4.74 Å². The van der Waals surface area contributed by atoms with Crippen LogP contribution in [0.25, 0.3) is 6.08 Å². The highest BCUT2D eigenvalue weighted by molar-refractivity contribution is 8.03. The zero-order valence-electron chi connectivity index (χ0n) is 11.5. The number of carbonyl (C=O) groups is 1. The topological polar surface area (TPSA) is 109 Å². The maximum atomic E-state index is 11.3. The van der Waals surface area contributed by atoms with Crippen molar-refractivity contribution in [2.45, 2.75) is 12.1 Å². The van der Waals surface area contributed by atoms with E-state index in [9.17, 15) is 9.90 Å². The van der Waals surface area contributed by atoms with Crippen molar-refractivity contribution in [3.05, 3.63) is 40.6 Å². The Morgan fingerprint density at radius 3 is 3.00 bits per heavy atom. The van der Waals surface area contributed by atoms with E-state index in [2.05, 4.69) is 10.2 Å². The van der Waals surface area contributed by atoms with E-state index in [1.165, 1.54) is 6.08 Å². The molecule has 1 aromatic carbocycles. The fraction of sp³-hybridized carbons (Fsp3) is 0.143. The molecular formula is C14H11N3O4S. The highest BCUT2D eigenvalue weighted by atomic mass is 32.2. The molecule has 0 aliphatic rings. The molecule has 7 nitrogen and oxygen atoms in total. The van der Waals surface area contributed by atoms with Gasteiger partial charge in [-0.3, -0.25) is 0 Å². The number of ether oxygens (including phenoxy) is 1. The van der Waals surface area contributed by atoms with Gasteiger partial charge in [0.05, 0.1) is 0 Å². The van der Waals surface area contributed by atoms with Crippen molar-refractivity contribution >= 4 is 23.8 Å². The fourth-order valence-corrected chi connectivity index (χ4v) is 2.22. The Morgan fingerprint density at radius 2 is 2.36 bits per heavy atom. The predicted octanol–water partition coefficient (Wildman–Crippen LogP) is 2.50. The number of aromatic nitrogens is 2. The quantitative estimate of drug-likeness (QED) is 0.639. The molecule has 0 radical (unpaired) electrons. The number of hydrogen-bond donors (Lipinski definition) is 1. The molecule has 0 saturated carbocycles. The third kappa shape index (κ3) is 4.36. The molecule has 0 bridgehead atoms. The fourth-order valence-electron chi connectivity index (χ4n) is 1.51. The van der Waals surface area contributed by atoms with E-state index in [0.29, 0.717) is 17.2 Å². The lowest BCUT2D eigenvalue weighted by atomic mass is 10.2. The predicted molar refractivity (Wildman–Crippen MR) is 78.1 cm³/mol. The number of rotatable bonds is 6. The molecule has 22 heavy (non-hydrogen) atoms. The zero-order valence-corrected chi connectivity index (χ0v) is 12.3. The number of carboxylic acid groups (broad SMARTS) is 1. The summed E-state index contributed by atoms with van der Waals surface area (Å²) in [4.78, 5) is 11.3. The summed E-state index contributed by atoms with van der Waals surface area (Å²) in [7, 11) is 0. The molecule has 1 N–H and O–H groups in total. The van der Waals surface area contributed by atoms with Gasteiger partial charge >= 0.3 is 5.97 Å². The summed E-state index contributed by atoms with van der Waals surface area (Å²) in [5.41, 5.74) is 0.622. The average molecular weight is 317 g/mol. The van der Waals surface area contributed by atoms with Gasteiger partial charge < -0.3 is 14.3 Å². The molecule has 8 heteroatoms. The number of carboxylic acids is 1. The zero-order chi connectivity index (χ0) is 15.9. The number of aryl methyl sites for hydroxylation is 1. The second kappa shape index (κ2) is 7.28. The molecule has 0 atom stereocenters. The van der Waals surface area contributed by atoms with Crippen LogP contribution in [0.1, 0.15) is 11.5 Å². The molecule has 0 spiro atoms. The van der Waals surface area contributed by atoms with Crippen molar-refractivity contribution in [3.8, 4) is 11.8 Å². The smallest absolute Gasteiger partial charge is 0.342 e. The Bertz CT molecular complexity index is 749. The van der Waals surface area contributed by atoms with Crippen molar-refractivity contribution in [3.63, 3.8) is 0 Å². The molecule has 0 aliphatic heterocycles. The summed E-state index contributed by atoms with van der Waals surface area (Å²) in [5.74, 6) is -0.262. The molecular weight excluding hydrogens is 306 g/mol. The van der Waals surface area contributed by atoms with E-state index in [4.69, 9.17) is 14.4 Å². The highest BCUT2D eigenvalue weighted by Gasteiger charge is 2.14. The van der Waals surface area contributed by atoms with Gasteiger partial charge in [0.1, 0.15) is 16.7 Å². The molecule has 1 heterocycles. The molecule has 0 saturated heterocycles. The van der Waals surface area contributed by atoms with E-state index in [1.54, 1.807) is 31.2 Å². The van der Waals surface area contributed by atoms with Gasteiger partial charge in [0.2, 0.25) is 5.89 Å². The van der Waals surface area contributed by atoms with Crippen LogP contribution in [0, 0.1) is 18.3 Å². The van der Waals surface area contributed by atoms with Gasteiger partial charge in [0.15, 0.2) is 6.61 Å². The summed E-state index contributed by atoms with van der Waals surface area (Å²) in [6.07, 6.45) is 1.46. The van der Waals surface area contributed by atoms with Crippen molar-refractivity contribution in [2.24, 2.45) is 0 Å². The monoisotopic (exact) mass is 317 g/mol. The lowest BCUT2D eigenvalue weighted by molar-refractivity contribution is -0.131. The van der Waals surface area contributed by atoms with Crippen molar-refractivity contribution in [2.75, 3.05) is 6.61 Å². The standard InChI is InChI=1S/C14H11N3O4S/c1-9-16-17-14(21-9)22-12(13(18)19)8-10-3-2-4-11(7-10)20-6-5-15/h2-4,7-8H,6H2,1H3,(H,18,19)/b12-8-. The maximum Gasteiger partial charge on any atom is 0.342 e. The maximum absolute atomic E-state index is 11.3. The summed E-state index contributed by atoms with van der Waals surface area (Å²) >= 11 is 0.864. The minimum Gasteiger partial charge on any atom is -0.479 e. The van der Waals surface area contributed by atoms with Crippen molar-refractivity contribution in [1.82, 2.24) is 10.2 Å². The van der Waals surface area contributed by atoms with Gasteiger partial charge in [-0.05, 0) is 35.5 Å². The minimum atomic E-state index is -1.11. The summed E-state index contributed by atoms with van der Waals surface area (Å²) in [6.45, 7) is 1.55. The number of benzene rings is 1. The van der Waals surface area contributed by atoms with Crippen LogP contribution in [0.4, 0.5) is 0 Å². The van der Waals surface area contributed by atoms with Crippen LogP contribution in [0.15, 0.2) is 38.8 Å². The van der Waals surface area contributed by atoms with Crippen LogP contribution in [-0.4, -0.2) is 27.9 Å². The highest BCUT2D eigenvalue weighted by Crippen LogP contribution is 2.28. The van der Waals surface area contributed by atoms with Crippen LogP contribution in [0.2, 0.25) is 0 Å². The molecule has 0 fully saturated rings. The van der Waals surface area contributed by atoms with Gasteiger partial charge in [-0.1, -0.05) is 12.1 Å². The number of thioether (sulfide) groups is 1. The average Bonchev–Trinajstić information content (AvgIpc) is 2.90. The second-order valence-electron chi connectivity index (χ2n) is 4.02. The normalized spacial score (nSPS) is 11.0. The van der Waals surface area contributed by atoms with Gasteiger partial charge in [-0.15, -0.1) is 10.2 Å². The Labute approximate surface area is 130 Å². The van der Waals surface area contributed by atoms with E-state index < -0.39 is 5.97 Å². The first kappa shape index (κ1) is 15.6. The minimum absolute atomic E-state index is 0.0288. The van der Waals surface area contributed by atoms with Gasteiger partial charge in [-0.25, -0.2) is 4.79 Å². The van der Waals surface area contributed by atoms with Crippen molar-refractivity contribution in [1.29, 1.82) is 5.26 Å². The summed E-state index contributed by atoms with van der Waals surface area (Å²) in [5, 5.41) is 25.3. The molecule has 2 aromatic rings. The van der Waals surface area contributed by atoms with Crippen molar-refractivity contribution < 1.29 is 19.1 Å². The molecule has 1 aromatic heterocycles. The molecule has 112 valence electrons. The van der Waals surface area contributed by atoms with E-state index in [0.717, 1.165) is 11.8 Å². The molecule has 2 rings (SSSR count). The van der Waals surface area contributed by atoms with Crippen LogP contribution in [0.5, 0.6) is 5.75 Å². The summed E-state index contributed by atoms with van der Waals surface area (Å²) in [6, 6.07) is 8.62. The Kier molecular flexibility index (Phi) is 5.16. The molecule has 0 aliphatic carbocycles. The molecule has 0 unspecified atom stereocenters. The number of aliphatic carboxylic acids is 1. The largest absolute Gasteiger partial charge is 0.479 e. The van der Waals surface area contributed by atoms with Crippen LogP contribution in [0.3, 0.4) is 0 Å². The Hall–Kier alpha value is -2.79. The van der Waals surface area contributed by atoms with Gasteiger partial charge in [0, 0.05) is 6.92 Å². The van der Waals surface area contributed by atoms with Crippen LogP contribution in [-0.2, 0) is 4.79 Å². The lowest BCUT2D eigenvalue weighted by Gasteiger charge is -2.03. The summed E-state index contributed by atoms with van der Waals surface area (Å²) < 4.78 is 10.3. The van der Waals surface area contributed by atoms with E-state index >= 15 is 0 Å². The van der Waals surface area contributed by atoms with Gasteiger partial charge in [0.25, 0.3) is 5.22 Å². The molecule has 0 amide bonds.